The number of hydrogen-bond donors (Lipinski definition) is 2. The molecule has 0 aliphatic rings. The molecule has 10 nitrogen and oxygen atoms in total. The van der Waals surface area contributed by atoms with E-state index in [1.165, 1.54) is 32.4 Å². The molecule has 178 valence electrons. The number of imidazole rings is 1. The molecule has 2 N–H and O–H groups in total. The van der Waals surface area contributed by atoms with Gasteiger partial charge in [0.15, 0.2) is 0 Å². The number of ether oxygens (including phenoxy) is 1. The minimum absolute atomic E-state index is 0.120. The number of methoxy groups -OCH3 is 1. The zero-order valence-electron chi connectivity index (χ0n) is 19.6. The Morgan fingerprint density at radius 1 is 1.09 bits per heavy atom. The van der Waals surface area contributed by atoms with Crippen molar-refractivity contribution < 1.29 is 19.2 Å². The van der Waals surface area contributed by atoms with Crippen LogP contribution in [0.1, 0.15) is 21.7 Å². The van der Waals surface area contributed by atoms with E-state index in [0.717, 1.165) is 27.3 Å². The topological polar surface area (TPSA) is 130 Å². The number of imide groups is 1. The van der Waals surface area contributed by atoms with Crippen LogP contribution in [-0.2, 0) is 0 Å². The van der Waals surface area contributed by atoms with Crippen LogP contribution in [0.5, 0.6) is 5.75 Å². The minimum Gasteiger partial charge on any atom is -0.496 e. The number of para-hydroxylation sites is 1. The van der Waals surface area contributed by atoms with Gasteiger partial charge in [0.05, 0.1) is 23.1 Å². The number of benzene rings is 3. The largest absolute Gasteiger partial charge is 0.496 e. The summed E-state index contributed by atoms with van der Waals surface area (Å²) in [6, 6.07) is 14.0. The van der Waals surface area contributed by atoms with Crippen LogP contribution in [0.2, 0.25) is 0 Å². The van der Waals surface area contributed by atoms with Crippen LogP contribution in [0.3, 0.4) is 0 Å². The molecule has 0 aliphatic heterocycles. The van der Waals surface area contributed by atoms with E-state index in [-0.39, 0.29) is 16.9 Å². The molecule has 0 fully saturated rings. The second kappa shape index (κ2) is 9.26. The number of anilines is 1. The lowest BCUT2D eigenvalue weighted by atomic mass is 10.0. The second-order valence-electron chi connectivity index (χ2n) is 7.88. The number of aromatic nitrogens is 2. The zero-order valence-corrected chi connectivity index (χ0v) is 19.6. The standard InChI is InChI=1S/C25H23N5O5/c1-14-8-11-20(21(12-14)30(33)34)29(25(32)26-3)24(31)16-9-10-17(22(13-16)35-4)18-6-5-7-19-23(18)28-15(2)27-19/h5-13H,1-4H3,(H,26,32)(H,27,28). The maximum atomic E-state index is 13.5. The molecule has 4 rings (SSSR count). The number of fused-ring (bicyclic) bond motifs is 1. The van der Waals surface area contributed by atoms with Gasteiger partial charge in [-0.15, -0.1) is 0 Å². The fraction of sp³-hybridized carbons (Fsp3) is 0.160. The molecule has 0 unspecified atom stereocenters. The van der Waals surface area contributed by atoms with Gasteiger partial charge < -0.3 is 15.0 Å². The van der Waals surface area contributed by atoms with Gasteiger partial charge in [0.2, 0.25) is 0 Å². The fourth-order valence-corrected chi connectivity index (χ4v) is 3.94. The normalized spacial score (nSPS) is 10.7. The maximum absolute atomic E-state index is 13.5. The van der Waals surface area contributed by atoms with Crippen molar-refractivity contribution in [3.63, 3.8) is 0 Å². The summed E-state index contributed by atoms with van der Waals surface area (Å²) in [4.78, 5) is 45.8. The van der Waals surface area contributed by atoms with Crippen LogP contribution in [-0.4, -0.2) is 41.0 Å². The smallest absolute Gasteiger partial charge is 0.329 e. The first-order chi connectivity index (χ1) is 16.7. The predicted molar refractivity (Wildman–Crippen MR) is 132 cm³/mol. The first-order valence-electron chi connectivity index (χ1n) is 10.7. The Morgan fingerprint density at radius 3 is 2.54 bits per heavy atom. The molecular weight excluding hydrogens is 450 g/mol. The molecular formula is C25H23N5O5. The van der Waals surface area contributed by atoms with Crippen molar-refractivity contribution in [2.45, 2.75) is 13.8 Å². The van der Waals surface area contributed by atoms with Gasteiger partial charge in [0, 0.05) is 29.8 Å². The number of aromatic amines is 1. The van der Waals surface area contributed by atoms with E-state index in [1.54, 1.807) is 25.1 Å². The molecule has 1 aromatic heterocycles. The molecule has 0 spiro atoms. The SMILES string of the molecule is CNC(=O)N(C(=O)c1ccc(-c2cccc3[nH]c(C)nc23)c(OC)c1)c1ccc(C)cc1[N+](=O)[O-]. The third-order valence-electron chi connectivity index (χ3n) is 5.56. The number of carbonyl (C=O) groups is 2. The molecule has 1 heterocycles. The highest BCUT2D eigenvalue weighted by Gasteiger charge is 2.31. The van der Waals surface area contributed by atoms with Gasteiger partial charge in [0.25, 0.3) is 11.6 Å². The summed E-state index contributed by atoms with van der Waals surface area (Å²) >= 11 is 0. The number of hydrogen-bond acceptors (Lipinski definition) is 6. The Hall–Kier alpha value is -4.73. The van der Waals surface area contributed by atoms with E-state index in [1.807, 2.05) is 25.1 Å². The van der Waals surface area contributed by atoms with Crippen LogP contribution in [0.4, 0.5) is 16.2 Å². The lowest BCUT2D eigenvalue weighted by molar-refractivity contribution is -0.384. The highest BCUT2D eigenvalue weighted by molar-refractivity contribution is 6.21. The summed E-state index contributed by atoms with van der Waals surface area (Å²) in [5.74, 6) is 0.411. The first-order valence-corrected chi connectivity index (χ1v) is 10.7. The molecule has 0 bridgehead atoms. The van der Waals surface area contributed by atoms with Gasteiger partial charge in [-0.25, -0.2) is 14.7 Å². The molecule has 0 aliphatic carbocycles. The summed E-state index contributed by atoms with van der Waals surface area (Å²) in [7, 11) is 2.82. The van der Waals surface area contributed by atoms with Gasteiger partial charge in [-0.05, 0) is 49.7 Å². The molecule has 0 saturated carbocycles. The number of nitro groups is 1. The monoisotopic (exact) mass is 473 g/mol. The third kappa shape index (κ3) is 4.29. The molecule has 3 amide bonds. The fourth-order valence-electron chi connectivity index (χ4n) is 3.94. The van der Waals surface area contributed by atoms with Crippen LogP contribution >= 0.6 is 0 Å². The number of rotatable bonds is 5. The van der Waals surface area contributed by atoms with E-state index in [0.29, 0.717) is 16.9 Å². The number of nitrogens with one attached hydrogen (secondary N) is 2. The average molecular weight is 473 g/mol. The lowest BCUT2D eigenvalue weighted by Crippen LogP contribution is -2.43. The highest BCUT2D eigenvalue weighted by Crippen LogP contribution is 2.36. The summed E-state index contributed by atoms with van der Waals surface area (Å²) in [6.07, 6.45) is 0. The molecule has 0 saturated heterocycles. The van der Waals surface area contributed by atoms with E-state index < -0.39 is 16.9 Å². The summed E-state index contributed by atoms with van der Waals surface area (Å²) in [5.41, 5.74) is 3.38. The quantitative estimate of drug-likeness (QED) is 0.318. The molecule has 10 heteroatoms. The van der Waals surface area contributed by atoms with Crippen molar-refractivity contribution in [1.29, 1.82) is 0 Å². The Morgan fingerprint density at radius 2 is 1.86 bits per heavy atom. The van der Waals surface area contributed by atoms with E-state index in [4.69, 9.17) is 4.74 Å². The number of carbonyl (C=O) groups excluding carboxylic acids is 2. The van der Waals surface area contributed by atoms with Crippen molar-refractivity contribution in [1.82, 2.24) is 15.3 Å². The van der Waals surface area contributed by atoms with Crippen LogP contribution in [0, 0.1) is 24.0 Å². The zero-order chi connectivity index (χ0) is 25.3. The Bertz CT molecular complexity index is 1480. The maximum Gasteiger partial charge on any atom is 0.329 e. The molecule has 35 heavy (non-hydrogen) atoms. The van der Waals surface area contributed by atoms with Gasteiger partial charge in [-0.1, -0.05) is 18.2 Å². The molecule has 3 aromatic carbocycles. The Balaban J connectivity index is 1.82. The number of H-pyrrole nitrogens is 1. The van der Waals surface area contributed by atoms with Crippen molar-refractivity contribution >= 4 is 34.3 Å². The predicted octanol–water partition coefficient (Wildman–Crippen LogP) is 4.75. The van der Waals surface area contributed by atoms with Crippen molar-refractivity contribution in [3.8, 4) is 16.9 Å². The second-order valence-corrected chi connectivity index (χ2v) is 7.88. The Kier molecular flexibility index (Phi) is 6.20. The summed E-state index contributed by atoms with van der Waals surface area (Å²) < 4.78 is 5.58. The van der Waals surface area contributed by atoms with Gasteiger partial charge in [-0.3, -0.25) is 14.9 Å². The third-order valence-corrected chi connectivity index (χ3v) is 5.56. The van der Waals surface area contributed by atoms with Gasteiger partial charge >= 0.3 is 6.03 Å². The Labute approximate surface area is 200 Å². The minimum atomic E-state index is -0.804. The molecule has 0 radical (unpaired) electrons. The lowest BCUT2D eigenvalue weighted by Gasteiger charge is -2.21. The molecule has 0 atom stereocenters. The van der Waals surface area contributed by atoms with Crippen LogP contribution < -0.4 is 15.0 Å². The van der Waals surface area contributed by atoms with Crippen molar-refractivity contribution in [3.05, 3.63) is 81.7 Å². The average Bonchev–Trinajstić information content (AvgIpc) is 3.24. The van der Waals surface area contributed by atoms with E-state index in [2.05, 4.69) is 15.3 Å². The van der Waals surface area contributed by atoms with Crippen LogP contribution in [0.15, 0.2) is 54.6 Å². The van der Waals surface area contributed by atoms with Crippen LogP contribution in [0.25, 0.3) is 22.2 Å². The van der Waals surface area contributed by atoms with E-state index in [9.17, 15) is 19.7 Å². The van der Waals surface area contributed by atoms with E-state index >= 15 is 0 Å². The first kappa shape index (κ1) is 23.4. The number of aryl methyl sites for hydroxylation is 2. The van der Waals surface area contributed by atoms with Gasteiger partial charge in [0.1, 0.15) is 17.3 Å². The summed E-state index contributed by atoms with van der Waals surface area (Å²) in [5, 5.41) is 14.1. The summed E-state index contributed by atoms with van der Waals surface area (Å²) in [6.45, 7) is 3.55. The number of urea groups is 1. The highest BCUT2D eigenvalue weighted by atomic mass is 16.6. The molecule has 4 aromatic rings. The number of nitrogens with zero attached hydrogens (tertiary/aromatic N) is 3. The number of nitro benzene ring substituents is 1. The van der Waals surface area contributed by atoms with Crippen molar-refractivity contribution in [2.75, 3.05) is 19.1 Å². The van der Waals surface area contributed by atoms with Gasteiger partial charge in [-0.2, -0.15) is 0 Å². The van der Waals surface area contributed by atoms with Crippen molar-refractivity contribution in [2.24, 2.45) is 0 Å². The number of amides is 3.